The molecular weight excluding hydrogens is 273 g/mol. The molecule has 0 spiro atoms. The second kappa shape index (κ2) is 6.91. The topological polar surface area (TPSA) is 26.3 Å². The Morgan fingerprint density at radius 2 is 1.67 bits per heavy atom. The molecule has 0 rings (SSSR count). The summed E-state index contributed by atoms with van der Waals surface area (Å²) in [7, 11) is 0. The molecule has 18 heavy (non-hydrogen) atoms. The minimum atomic E-state index is -4.40. The molecule has 0 heterocycles. The molecule has 0 aromatic carbocycles. The van der Waals surface area contributed by atoms with Gasteiger partial charge >= 0.3 is 18.5 Å². The van der Waals surface area contributed by atoms with Crippen LogP contribution in [0.3, 0.4) is 0 Å². The van der Waals surface area contributed by atoms with Gasteiger partial charge in [0.1, 0.15) is 13.2 Å². The fourth-order valence-corrected chi connectivity index (χ4v) is 0.922. The summed E-state index contributed by atoms with van der Waals surface area (Å²) in [6.07, 6.45) is -10.5. The number of carbonyl (C=O) groups is 1. The van der Waals surface area contributed by atoms with Crippen molar-refractivity contribution in [2.24, 2.45) is 0 Å². The molecule has 0 unspecified atom stereocenters. The molecule has 0 atom stereocenters. The van der Waals surface area contributed by atoms with Crippen molar-refractivity contribution >= 4 is 5.78 Å². The third-order valence-corrected chi connectivity index (χ3v) is 1.79. The highest BCUT2D eigenvalue weighted by atomic mass is 19.4. The van der Waals surface area contributed by atoms with Crippen molar-refractivity contribution < 1.29 is 40.3 Å². The standard InChI is InChI=1S/C9H11F7O2/c10-7(11)8(12,13)5-18-4-6(17)2-1-3-9(14,15)16/h7H,1-5H2. The minimum Gasteiger partial charge on any atom is -0.367 e. The van der Waals surface area contributed by atoms with Crippen molar-refractivity contribution in [2.75, 3.05) is 13.2 Å². The average Bonchev–Trinajstić information content (AvgIpc) is 2.14. The number of ketones is 1. The summed E-state index contributed by atoms with van der Waals surface area (Å²) in [5.74, 6) is -5.21. The number of ether oxygens (including phenoxy) is 1. The van der Waals surface area contributed by atoms with Gasteiger partial charge in [0.15, 0.2) is 5.78 Å². The summed E-state index contributed by atoms with van der Waals surface area (Å²) in [6.45, 7) is -2.55. The van der Waals surface area contributed by atoms with Gasteiger partial charge in [-0.05, 0) is 6.42 Å². The van der Waals surface area contributed by atoms with Crippen LogP contribution in [0.1, 0.15) is 19.3 Å². The third-order valence-electron chi connectivity index (χ3n) is 1.79. The van der Waals surface area contributed by atoms with Gasteiger partial charge < -0.3 is 4.74 Å². The van der Waals surface area contributed by atoms with Gasteiger partial charge in [-0.25, -0.2) is 8.78 Å². The van der Waals surface area contributed by atoms with Gasteiger partial charge in [0, 0.05) is 12.8 Å². The number of hydrogen-bond donors (Lipinski definition) is 0. The molecule has 0 bridgehead atoms. The summed E-state index contributed by atoms with van der Waals surface area (Å²) in [4.78, 5) is 10.9. The normalized spacial score (nSPS) is 13.1. The molecule has 0 saturated carbocycles. The molecule has 0 fully saturated rings. The SMILES string of the molecule is O=C(CCCC(F)(F)F)COCC(F)(F)C(F)F. The Hall–Kier alpha value is -0.860. The van der Waals surface area contributed by atoms with Crippen molar-refractivity contribution in [3.8, 4) is 0 Å². The van der Waals surface area contributed by atoms with E-state index in [-0.39, 0.29) is 0 Å². The largest absolute Gasteiger partial charge is 0.389 e. The summed E-state index contributed by atoms with van der Waals surface area (Å²) in [5.41, 5.74) is 0. The molecule has 2 nitrogen and oxygen atoms in total. The van der Waals surface area contributed by atoms with Crippen LogP contribution in [0.15, 0.2) is 0 Å². The first-order chi connectivity index (χ1) is 8.04. The quantitative estimate of drug-likeness (QED) is 0.640. The molecule has 108 valence electrons. The highest BCUT2D eigenvalue weighted by molar-refractivity contribution is 5.79. The minimum absolute atomic E-state index is 0.489. The van der Waals surface area contributed by atoms with E-state index in [1.807, 2.05) is 0 Å². The van der Waals surface area contributed by atoms with Gasteiger partial charge in [-0.1, -0.05) is 0 Å². The first-order valence-corrected chi connectivity index (χ1v) is 4.87. The van der Waals surface area contributed by atoms with Crippen molar-refractivity contribution in [2.45, 2.75) is 37.8 Å². The zero-order chi connectivity index (χ0) is 14.4. The number of halogens is 7. The number of hydrogen-bond acceptors (Lipinski definition) is 2. The first kappa shape index (κ1) is 17.1. The molecule has 0 aromatic heterocycles. The maximum Gasteiger partial charge on any atom is 0.389 e. The smallest absolute Gasteiger partial charge is 0.367 e. The molecule has 0 aliphatic carbocycles. The zero-order valence-corrected chi connectivity index (χ0v) is 9.08. The Morgan fingerprint density at radius 1 is 1.11 bits per heavy atom. The monoisotopic (exact) mass is 284 g/mol. The van der Waals surface area contributed by atoms with Crippen LogP contribution in [0.5, 0.6) is 0 Å². The lowest BCUT2D eigenvalue weighted by atomic mass is 10.2. The second-order valence-electron chi connectivity index (χ2n) is 3.56. The van der Waals surface area contributed by atoms with Crippen molar-refractivity contribution in [1.82, 2.24) is 0 Å². The molecule has 0 amide bonds. The van der Waals surface area contributed by atoms with Crippen LogP contribution < -0.4 is 0 Å². The van der Waals surface area contributed by atoms with E-state index in [1.54, 1.807) is 0 Å². The first-order valence-electron chi connectivity index (χ1n) is 4.87. The van der Waals surface area contributed by atoms with Gasteiger partial charge in [-0.2, -0.15) is 22.0 Å². The van der Waals surface area contributed by atoms with E-state index >= 15 is 0 Å². The maximum atomic E-state index is 12.3. The lowest BCUT2D eigenvalue weighted by molar-refractivity contribution is -0.168. The Kier molecular flexibility index (Phi) is 6.58. The van der Waals surface area contributed by atoms with E-state index in [9.17, 15) is 35.5 Å². The lowest BCUT2D eigenvalue weighted by Crippen LogP contribution is -2.33. The van der Waals surface area contributed by atoms with Crippen molar-refractivity contribution in [3.05, 3.63) is 0 Å². The molecule has 0 N–H and O–H groups in total. The fourth-order valence-electron chi connectivity index (χ4n) is 0.922. The predicted molar refractivity (Wildman–Crippen MR) is 46.7 cm³/mol. The van der Waals surface area contributed by atoms with Gasteiger partial charge in [0.05, 0.1) is 0 Å². The molecule has 0 aliphatic rings. The highest BCUT2D eigenvalue weighted by Crippen LogP contribution is 2.23. The third kappa shape index (κ3) is 8.26. The van der Waals surface area contributed by atoms with E-state index in [0.29, 0.717) is 0 Å². The van der Waals surface area contributed by atoms with Crippen LogP contribution in [-0.2, 0) is 9.53 Å². The molecule has 0 saturated heterocycles. The van der Waals surface area contributed by atoms with Gasteiger partial charge in [-0.15, -0.1) is 0 Å². The number of Topliss-reactive ketones (excluding diaryl/α,β-unsaturated/α-hetero) is 1. The molecule has 0 aromatic rings. The number of alkyl halides is 7. The second-order valence-corrected chi connectivity index (χ2v) is 3.56. The van der Waals surface area contributed by atoms with Crippen LogP contribution in [0.4, 0.5) is 30.7 Å². The summed E-state index contributed by atoms with van der Waals surface area (Å²) < 4.78 is 86.9. The van der Waals surface area contributed by atoms with E-state index in [1.165, 1.54) is 0 Å². The summed E-state index contributed by atoms with van der Waals surface area (Å²) in [5, 5.41) is 0. The van der Waals surface area contributed by atoms with Crippen LogP contribution in [-0.4, -0.2) is 37.5 Å². The van der Waals surface area contributed by atoms with Crippen molar-refractivity contribution in [1.29, 1.82) is 0 Å². The van der Waals surface area contributed by atoms with Crippen LogP contribution in [0.25, 0.3) is 0 Å². The summed E-state index contributed by atoms with van der Waals surface area (Å²) in [6, 6.07) is 0. The number of rotatable bonds is 8. The average molecular weight is 284 g/mol. The maximum absolute atomic E-state index is 12.3. The molecule has 0 radical (unpaired) electrons. The van der Waals surface area contributed by atoms with Crippen LogP contribution in [0.2, 0.25) is 0 Å². The van der Waals surface area contributed by atoms with E-state index in [4.69, 9.17) is 0 Å². The van der Waals surface area contributed by atoms with Gasteiger partial charge in [0.2, 0.25) is 0 Å². The Bertz CT molecular complexity index is 262. The lowest BCUT2D eigenvalue weighted by Gasteiger charge is -2.14. The van der Waals surface area contributed by atoms with Gasteiger partial charge in [0.25, 0.3) is 0 Å². The highest BCUT2D eigenvalue weighted by Gasteiger charge is 2.41. The number of carbonyl (C=O) groups excluding carboxylic acids is 1. The Balaban J connectivity index is 3.73. The molecule has 9 heteroatoms. The predicted octanol–water partition coefficient (Wildman–Crippen LogP) is 3.21. The van der Waals surface area contributed by atoms with E-state index in [2.05, 4.69) is 4.74 Å². The van der Waals surface area contributed by atoms with E-state index in [0.717, 1.165) is 0 Å². The molecule has 0 aliphatic heterocycles. The molecular formula is C9H11F7O2. The van der Waals surface area contributed by atoms with Crippen LogP contribution >= 0.6 is 0 Å². The van der Waals surface area contributed by atoms with E-state index < -0.39 is 56.8 Å². The Labute approximate surface area is 98.1 Å². The van der Waals surface area contributed by atoms with Crippen LogP contribution in [0, 0.1) is 0 Å². The van der Waals surface area contributed by atoms with Crippen molar-refractivity contribution in [3.63, 3.8) is 0 Å². The Morgan fingerprint density at radius 3 is 2.11 bits per heavy atom. The summed E-state index contributed by atoms with van der Waals surface area (Å²) >= 11 is 0. The zero-order valence-electron chi connectivity index (χ0n) is 9.08. The fraction of sp³-hybridized carbons (Fsp3) is 0.889. The van der Waals surface area contributed by atoms with Gasteiger partial charge in [-0.3, -0.25) is 4.79 Å².